The number of rotatable bonds is 9. The molecule has 0 spiro atoms. The molecule has 6 nitrogen and oxygen atoms in total. The summed E-state index contributed by atoms with van der Waals surface area (Å²) in [5.74, 6) is 0.370. The normalized spacial score (nSPS) is 11.9. The fourth-order valence-electron chi connectivity index (χ4n) is 1.51. The summed E-state index contributed by atoms with van der Waals surface area (Å²) in [5, 5.41) is 2.80. The highest BCUT2D eigenvalue weighted by molar-refractivity contribution is 5.80. The third-order valence-corrected chi connectivity index (χ3v) is 2.64. The van der Waals surface area contributed by atoms with E-state index in [1.54, 1.807) is 26.3 Å². The minimum atomic E-state index is -0.501. The number of pyridine rings is 1. The van der Waals surface area contributed by atoms with E-state index in [2.05, 4.69) is 10.3 Å². The quantitative estimate of drug-likeness (QED) is 0.688. The maximum atomic E-state index is 11.8. The van der Waals surface area contributed by atoms with Crippen LogP contribution in [-0.2, 0) is 20.8 Å². The Morgan fingerprint density at radius 1 is 1.45 bits per heavy atom. The van der Waals surface area contributed by atoms with E-state index in [-0.39, 0.29) is 5.91 Å². The number of aromatic nitrogens is 1. The van der Waals surface area contributed by atoms with E-state index < -0.39 is 6.10 Å². The Morgan fingerprint density at radius 2 is 2.25 bits per heavy atom. The molecule has 0 aromatic carbocycles. The predicted molar refractivity (Wildman–Crippen MR) is 74.5 cm³/mol. The molecule has 1 heterocycles. The molecule has 6 heteroatoms. The monoisotopic (exact) mass is 282 g/mol. The Balaban J connectivity index is 2.30. The highest BCUT2D eigenvalue weighted by Crippen LogP contribution is 2.08. The first-order chi connectivity index (χ1) is 9.67. The third kappa shape index (κ3) is 5.99. The average Bonchev–Trinajstić information content (AvgIpc) is 2.49. The van der Waals surface area contributed by atoms with E-state index in [9.17, 15) is 4.79 Å². The van der Waals surface area contributed by atoms with Crippen LogP contribution >= 0.6 is 0 Å². The second-order valence-electron chi connectivity index (χ2n) is 4.13. The van der Waals surface area contributed by atoms with E-state index in [4.69, 9.17) is 14.2 Å². The van der Waals surface area contributed by atoms with Crippen molar-refractivity contribution >= 4 is 5.91 Å². The van der Waals surface area contributed by atoms with Crippen LogP contribution in [-0.4, -0.2) is 43.9 Å². The van der Waals surface area contributed by atoms with Crippen molar-refractivity contribution in [2.24, 2.45) is 0 Å². The first-order valence-electron chi connectivity index (χ1n) is 6.63. The fourth-order valence-corrected chi connectivity index (χ4v) is 1.51. The van der Waals surface area contributed by atoms with Gasteiger partial charge in [-0.25, -0.2) is 4.98 Å². The highest BCUT2D eigenvalue weighted by atomic mass is 16.5. The van der Waals surface area contributed by atoms with Crippen LogP contribution in [0, 0.1) is 0 Å². The SMILES string of the molecule is CCOCCO[C@H](C)C(=O)NCc1ccnc(OC)c1. The van der Waals surface area contributed by atoms with Crippen molar-refractivity contribution in [1.82, 2.24) is 10.3 Å². The molecule has 0 bridgehead atoms. The summed E-state index contributed by atoms with van der Waals surface area (Å²) in [4.78, 5) is 15.8. The minimum absolute atomic E-state index is 0.155. The molecule has 1 aromatic heterocycles. The Hall–Kier alpha value is -1.66. The van der Waals surface area contributed by atoms with Gasteiger partial charge in [0.15, 0.2) is 0 Å². The lowest BCUT2D eigenvalue weighted by molar-refractivity contribution is -0.132. The van der Waals surface area contributed by atoms with E-state index in [1.165, 1.54) is 0 Å². The highest BCUT2D eigenvalue weighted by Gasteiger charge is 2.12. The molecule has 1 atom stereocenters. The fraction of sp³-hybridized carbons (Fsp3) is 0.571. The predicted octanol–water partition coefficient (Wildman–Crippen LogP) is 1.15. The van der Waals surface area contributed by atoms with Gasteiger partial charge in [0.2, 0.25) is 11.8 Å². The van der Waals surface area contributed by atoms with Crippen LogP contribution in [0.4, 0.5) is 0 Å². The van der Waals surface area contributed by atoms with Gasteiger partial charge in [-0.05, 0) is 25.5 Å². The maximum Gasteiger partial charge on any atom is 0.249 e. The van der Waals surface area contributed by atoms with Gasteiger partial charge in [-0.15, -0.1) is 0 Å². The van der Waals surface area contributed by atoms with E-state index in [1.807, 2.05) is 13.0 Å². The van der Waals surface area contributed by atoms with Gasteiger partial charge in [-0.3, -0.25) is 4.79 Å². The van der Waals surface area contributed by atoms with Crippen molar-refractivity contribution in [2.75, 3.05) is 26.9 Å². The van der Waals surface area contributed by atoms with Gasteiger partial charge in [-0.2, -0.15) is 0 Å². The van der Waals surface area contributed by atoms with Crippen molar-refractivity contribution in [3.63, 3.8) is 0 Å². The first kappa shape index (κ1) is 16.4. The molecule has 0 saturated heterocycles. The largest absolute Gasteiger partial charge is 0.481 e. The summed E-state index contributed by atoms with van der Waals surface area (Å²) in [6.07, 6.45) is 1.14. The molecule has 1 N–H and O–H groups in total. The molecule has 0 fully saturated rings. The number of nitrogens with one attached hydrogen (secondary N) is 1. The Kier molecular flexibility index (Phi) is 7.60. The number of methoxy groups -OCH3 is 1. The van der Waals surface area contributed by atoms with Crippen LogP contribution in [0.2, 0.25) is 0 Å². The molecule has 0 aliphatic carbocycles. The van der Waals surface area contributed by atoms with Crippen molar-refractivity contribution in [2.45, 2.75) is 26.5 Å². The molecule has 1 aromatic rings. The Morgan fingerprint density at radius 3 is 2.95 bits per heavy atom. The lowest BCUT2D eigenvalue weighted by atomic mass is 10.2. The molecule has 0 saturated carbocycles. The van der Waals surface area contributed by atoms with Gasteiger partial charge in [0, 0.05) is 25.4 Å². The molecule has 0 aliphatic heterocycles. The topological polar surface area (TPSA) is 69.7 Å². The zero-order valence-corrected chi connectivity index (χ0v) is 12.2. The van der Waals surface area contributed by atoms with Crippen LogP contribution in [0.3, 0.4) is 0 Å². The molecular formula is C14H22N2O4. The van der Waals surface area contributed by atoms with E-state index in [0.717, 1.165) is 5.56 Å². The number of ether oxygens (including phenoxy) is 3. The molecule has 1 amide bonds. The van der Waals surface area contributed by atoms with E-state index in [0.29, 0.717) is 32.2 Å². The Bertz CT molecular complexity index is 412. The van der Waals surface area contributed by atoms with Crippen LogP contribution in [0.1, 0.15) is 19.4 Å². The van der Waals surface area contributed by atoms with Crippen LogP contribution < -0.4 is 10.1 Å². The zero-order chi connectivity index (χ0) is 14.8. The zero-order valence-electron chi connectivity index (χ0n) is 12.2. The van der Waals surface area contributed by atoms with Gasteiger partial charge in [-0.1, -0.05) is 0 Å². The number of carbonyl (C=O) groups is 1. The third-order valence-electron chi connectivity index (χ3n) is 2.64. The summed E-state index contributed by atoms with van der Waals surface area (Å²) in [7, 11) is 1.55. The molecule has 0 radical (unpaired) electrons. The van der Waals surface area contributed by atoms with Gasteiger partial charge in [0.25, 0.3) is 0 Å². The van der Waals surface area contributed by atoms with Crippen LogP contribution in [0.25, 0.3) is 0 Å². The summed E-state index contributed by atoms with van der Waals surface area (Å²) < 4.78 is 15.5. The minimum Gasteiger partial charge on any atom is -0.481 e. The van der Waals surface area contributed by atoms with Crippen LogP contribution in [0.15, 0.2) is 18.3 Å². The summed E-state index contributed by atoms with van der Waals surface area (Å²) in [6, 6.07) is 3.60. The standard InChI is InChI=1S/C14H22N2O4/c1-4-19-7-8-20-11(2)14(17)16-10-12-5-6-15-13(9-12)18-3/h5-6,9,11H,4,7-8,10H2,1-3H3,(H,16,17)/t11-/m1/s1. The second kappa shape index (κ2) is 9.28. The number of amides is 1. The van der Waals surface area contributed by atoms with E-state index >= 15 is 0 Å². The molecule has 20 heavy (non-hydrogen) atoms. The van der Waals surface area contributed by atoms with Gasteiger partial charge < -0.3 is 19.5 Å². The molecule has 0 unspecified atom stereocenters. The number of hydrogen-bond donors (Lipinski definition) is 1. The lowest BCUT2D eigenvalue weighted by Crippen LogP contribution is -2.34. The summed E-state index contributed by atoms with van der Waals surface area (Å²) >= 11 is 0. The van der Waals surface area contributed by atoms with Gasteiger partial charge >= 0.3 is 0 Å². The summed E-state index contributed by atoms with van der Waals surface area (Å²) in [6.45, 7) is 5.60. The van der Waals surface area contributed by atoms with Crippen molar-refractivity contribution in [3.8, 4) is 5.88 Å². The Labute approximate surface area is 119 Å². The van der Waals surface area contributed by atoms with Gasteiger partial charge in [0.05, 0.1) is 20.3 Å². The molecule has 1 rings (SSSR count). The lowest BCUT2D eigenvalue weighted by Gasteiger charge is -2.13. The van der Waals surface area contributed by atoms with Crippen LogP contribution in [0.5, 0.6) is 5.88 Å². The summed E-state index contributed by atoms with van der Waals surface area (Å²) in [5.41, 5.74) is 0.923. The molecule has 0 aliphatic rings. The van der Waals surface area contributed by atoms with Crippen molar-refractivity contribution < 1.29 is 19.0 Å². The molecular weight excluding hydrogens is 260 g/mol. The number of nitrogens with zero attached hydrogens (tertiary/aromatic N) is 1. The first-order valence-corrected chi connectivity index (χ1v) is 6.63. The smallest absolute Gasteiger partial charge is 0.249 e. The van der Waals surface area contributed by atoms with Crippen molar-refractivity contribution in [3.05, 3.63) is 23.9 Å². The second-order valence-corrected chi connectivity index (χ2v) is 4.13. The maximum absolute atomic E-state index is 11.8. The molecule has 112 valence electrons. The van der Waals surface area contributed by atoms with Gasteiger partial charge in [0.1, 0.15) is 6.10 Å². The average molecular weight is 282 g/mol. The number of carbonyl (C=O) groups excluding carboxylic acids is 1. The van der Waals surface area contributed by atoms with Crippen molar-refractivity contribution in [1.29, 1.82) is 0 Å². The number of hydrogen-bond acceptors (Lipinski definition) is 5.